The van der Waals surface area contributed by atoms with Gasteiger partial charge in [0.05, 0.1) is 18.1 Å². The van der Waals surface area contributed by atoms with Crippen molar-refractivity contribution in [2.24, 2.45) is 0 Å². The predicted octanol–water partition coefficient (Wildman–Crippen LogP) is 2.06. The summed E-state index contributed by atoms with van der Waals surface area (Å²) in [5.74, 6) is 0.237. The van der Waals surface area contributed by atoms with Crippen LogP contribution in [0.2, 0.25) is 0 Å². The highest BCUT2D eigenvalue weighted by Crippen LogP contribution is 2.27. The smallest absolute Gasteiger partial charge is 0.311 e. The molecule has 0 aliphatic heterocycles. The number of hydrogen-bond donors (Lipinski definition) is 0. The summed E-state index contributed by atoms with van der Waals surface area (Å²) in [7, 11) is 1.39. The highest BCUT2D eigenvalue weighted by atomic mass is 16.6. The fourth-order valence-corrected chi connectivity index (χ4v) is 1.23. The quantitative estimate of drug-likeness (QED) is 0.558. The molecule has 0 saturated heterocycles. The number of benzene rings is 1. The second-order valence-electron chi connectivity index (χ2n) is 2.92. The van der Waals surface area contributed by atoms with E-state index in [4.69, 9.17) is 10.00 Å². The molecule has 1 rings (SSSR count). The highest BCUT2D eigenvalue weighted by Gasteiger charge is 2.14. The fourth-order valence-electron chi connectivity index (χ4n) is 1.23. The van der Waals surface area contributed by atoms with Crippen molar-refractivity contribution in [2.45, 2.75) is 12.8 Å². The largest absolute Gasteiger partial charge is 0.490 e. The van der Waals surface area contributed by atoms with E-state index in [2.05, 4.69) is 0 Å². The lowest BCUT2D eigenvalue weighted by molar-refractivity contribution is -0.385. The van der Waals surface area contributed by atoms with Gasteiger partial charge < -0.3 is 4.74 Å². The minimum absolute atomic E-state index is 0.0621. The van der Waals surface area contributed by atoms with Gasteiger partial charge in [0.2, 0.25) is 0 Å². The standard InChI is InChI=1S/C10H10N2O3/c1-15-10-5-4-8(3-2-6-11)7-9(10)12(13)14/h4-5,7H,2-3H2,1H3. The molecule has 78 valence electrons. The molecule has 0 radical (unpaired) electrons. The third kappa shape index (κ3) is 2.68. The van der Waals surface area contributed by atoms with Gasteiger partial charge in [-0.15, -0.1) is 0 Å². The Kier molecular flexibility index (Phi) is 3.63. The van der Waals surface area contributed by atoms with Crippen LogP contribution in [0.25, 0.3) is 0 Å². The van der Waals surface area contributed by atoms with Crippen molar-refractivity contribution in [3.8, 4) is 11.8 Å². The van der Waals surface area contributed by atoms with Crippen molar-refractivity contribution in [1.82, 2.24) is 0 Å². The Balaban J connectivity index is 3.00. The van der Waals surface area contributed by atoms with Crippen LogP contribution in [-0.2, 0) is 6.42 Å². The second kappa shape index (κ2) is 4.96. The SMILES string of the molecule is COc1ccc(CCC#N)cc1[N+](=O)[O-]. The summed E-state index contributed by atoms with van der Waals surface area (Å²) in [5, 5.41) is 19.1. The zero-order valence-corrected chi connectivity index (χ0v) is 8.27. The van der Waals surface area contributed by atoms with Gasteiger partial charge in [-0.1, -0.05) is 6.07 Å². The molecule has 0 N–H and O–H groups in total. The van der Waals surface area contributed by atoms with E-state index in [-0.39, 0.29) is 11.4 Å². The van der Waals surface area contributed by atoms with Crippen molar-refractivity contribution in [1.29, 1.82) is 5.26 Å². The maximum Gasteiger partial charge on any atom is 0.311 e. The highest BCUT2D eigenvalue weighted by molar-refractivity contribution is 5.48. The van der Waals surface area contributed by atoms with Crippen LogP contribution in [-0.4, -0.2) is 12.0 Å². The first-order chi connectivity index (χ1) is 7.19. The first kappa shape index (κ1) is 11.0. The van der Waals surface area contributed by atoms with Gasteiger partial charge in [-0.2, -0.15) is 5.26 Å². The van der Waals surface area contributed by atoms with Crippen LogP contribution in [0, 0.1) is 21.4 Å². The van der Waals surface area contributed by atoms with E-state index in [0.29, 0.717) is 12.8 Å². The lowest BCUT2D eigenvalue weighted by atomic mass is 10.1. The number of ether oxygens (including phenoxy) is 1. The predicted molar refractivity (Wildman–Crippen MR) is 53.6 cm³/mol. The second-order valence-corrected chi connectivity index (χ2v) is 2.92. The monoisotopic (exact) mass is 206 g/mol. The Labute approximate surface area is 87.1 Å². The molecule has 15 heavy (non-hydrogen) atoms. The summed E-state index contributed by atoms with van der Waals surface area (Å²) in [4.78, 5) is 10.2. The molecule has 0 fully saturated rings. The van der Waals surface area contributed by atoms with Crippen molar-refractivity contribution < 1.29 is 9.66 Å². The Hall–Kier alpha value is -2.09. The maximum absolute atomic E-state index is 10.7. The van der Waals surface area contributed by atoms with E-state index < -0.39 is 4.92 Å². The Morgan fingerprint density at radius 3 is 2.87 bits per heavy atom. The molecule has 5 heteroatoms. The molecular weight excluding hydrogens is 196 g/mol. The summed E-state index contributed by atoms with van der Waals surface area (Å²) in [5.41, 5.74) is 0.706. The minimum atomic E-state index is -0.491. The molecule has 1 aromatic carbocycles. The van der Waals surface area contributed by atoms with Crippen LogP contribution in [0.4, 0.5) is 5.69 Å². The van der Waals surface area contributed by atoms with Gasteiger partial charge in [-0.05, 0) is 18.1 Å². The summed E-state index contributed by atoms with van der Waals surface area (Å²) in [6, 6.07) is 6.70. The average molecular weight is 206 g/mol. The van der Waals surface area contributed by atoms with Gasteiger partial charge in [-0.25, -0.2) is 0 Å². The molecule has 5 nitrogen and oxygen atoms in total. The topological polar surface area (TPSA) is 76.2 Å². The third-order valence-electron chi connectivity index (χ3n) is 1.97. The fraction of sp³-hybridized carbons (Fsp3) is 0.300. The molecule has 0 spiro atoms. The Bertz CT molecular complexity index is 410. The number of nitro benzene ring substituents is 1. The van der Waals surface area contributed by atoms with Crippen LogP contribution in [0.5, 0.6) is 5.75 Å². The normalized spacial score (nSPS) is 9.33. The number of nitro groups is 1. The molecule has 1 aromatic rings. The summed E-state index contributed by atoms with van der Waals surface area (Å²) in [6.45, 7) is 0. The number of nitrogens with zero attached hydrogens (tertiary/aromatic N) is 2. The van der Waals surface area contributed by atoms with Gasteiger partial charge in [0, 0.05) is 12.5 Å². The first-order valence-corrected chi connectivity index (χ1v) is 4.37. The van der Waals surface area contributed by atoms with Crippen molar-refractivity contribution in [3.05, 3.63) is 33.9 Å². The number of aryl methyl sites for hydroxylation is 1. The van der Waals surface area contributed by atoms with Gasteiger partial charge >= 0.3 is 5.69 Å². The van der Waals surface area contributed by atoms with Gasteiger partial charge in [0.1, 0.15) is 0 Å². The summed E-state index contributed by atoms with van der Waals surface area (Å²) < 4.78 is 4.86. The maximum atomic E-state index is 10.7. The number of hydrogen-bond acceptors (Lipinski definition) is 4. The molecule has 0 unspecified atom stereocenters. The molecular formula is C10H10N2O3. The minimum Gasteiger partial charge on any atom is -0.490 e. The molecule has 0 saturated carbocycles. The van der Waals surface area contributed by atoms with E-state index in [0.717, 1.165) is 5.56 Å². The molecule has 0 amide bonds. The zero-order valence-electron chi connectivity index (χ0n) is 8.27. The van der Waals surface area contributed by atoms with E-state index in [9.17, 15) is 10.1 Å². The molecule has 0 aliphatic rings. The van der Waals surface area contributed by atoms with E-state index in [1.54, 1.807) is 12.1 Å². The van der Waals surface area contributed by atoms with Crippen LogP contribution in [0.15, 0.2) is 18.2 Å². The van der Waals surface area contributed by atoms with Crippen LogP contribution < -0.4 is 4.74 Å². The van der Waals surface area contributed by atoms with Crippen LogP contribution in [0.1, 0.15) is 12.0 Å². The lowest BCUT2D eigenvalue weighted by Gasteiger charge is -2.03. The lowest BCUT2D eigenvalue weighted by Crippen LogP contribution is -1.95. The van der Waals surface area contributed by atoms with Crippen LogP contribution in [0.3, 0.4) is 0 Å². The molecule has 0 aliphatic carbocycles. The average Bonchev–Trinajstić information content (AvgIpc) is 2.25. The zero-order chi connectivity index (χ0) is 11.3. The van der Waals surface area contributed by atoms with Crippen molar-refractivity contribution >= 4 is 5.69 Å². The summed E-state index contributed by atoms with van der Waals surface area (Å²) >= 11 is 0. The van der Waals surface area contributed by atoms with E-state index >= 15 is 0 Å². The Morgan fingerprint density at radius 1 is 1.60 bits per heavy atom. The summed E-state index contributed by atoms with van der Waals surface area (Å²) in [6.07, 6.45) is 0.866. The number of rotatable bonds is 4. The van der Waals surface area contributed by atoms with E-state index in [1.807, 2.05) is 6.07 Å². The van der Waals surface area contributed by atoms with Gasteiger partial charge in [0.15, 0.2) is 5.75 Å². The molecule has 0 atom stereocenters. The number of methoxy groups -OCH3 is 1. The van der Waals surface area contributed by atoms with Crippen molar-refractivity contribution in [3.63, 3.8) is 0 Å². The molecule has 0 heterocycles. The van der Waals surface area contributed by atoms with Gasteiger partial charge in [-0.3, -0.25) is 10.1 Å². The Morgan fingerprint density at radius 2 is 2.33 bits per heavy atom. The van der Waals surface area contributed by atoms with E-state index in [1.165, 1.54) is 13.2 Å². The molecule has 0 aromatic heterocycles. The third-order valence-corrected chi connectivity index (χ3v) is 1.97. The number of nitriles is 1. The first-order valence-electron chi connectivity index (χ1n) is 4.37. The van der Waals surface area contributed by atoms with Crippen LogP contribution >= 0.6 is 0 Å². The van der Waals surface area contributed by atoms with Crippen molar-refractivity contribution in [2.75, 3.05) is 7.11 Å². The molecule has 0 bridgehead atoms. The van der Waals surface area contributed by atoms with Gasteiger partial charge in [0.25, 0.3) is 0 Å².